The molecule has 3 aromatic rings. The molecule has 2 aliphatic heterocycles. The Morgan fingerprint density at radius 3 is 2.92 bits per heavy atom. The van der Waals surface area contributed by atoms with Gasteiger partial charge in [0.25, 0.3) is 0 Å². The Kier molecular flexibility index (Phi) is 3.81. The second kappa shape index (κ2) is 5.97. The van der Waals surface area contributed by atoms with E-state index in [1.807, 2.05) is 18.2 Å². The van der Waals surface area contributed by atoms with Crippen LogP contribution in [0.2, 0.25) is 5.02 Å². The molecule has 0 amide bonds. The second-order valence-corrected chi connectivity index (χ2v) is 10.1. The average molecular weight is 430 g/mol. The van der Waals surface area contributed by atoms with E-state index in [0.29, 0.717) is 6.04 Å². The van der Waals surface area contributed by atoms with Crippen LogP contribution in [0.4, 0.5) is 5.69 Å². The zero-order valence-electron chi connectivity index (χ0n) is 14.6. The Balaban J connectivity index is 1.44. The summed E-state index contributed by atoms with van der Waals surface area (Å²) in [5.74, 6) is 0. The topological polar surface area (TPSA) is 25.4 Å². The number of hydroxylamine groups is 1. The molecule has 2 atom stereocenters. The van der Waals surface area contributed by atoms with E-state index in [1.165, 1.54) is 9.82 Å². The Hall–Kier alpha value is -1.58. The summed E-state index contributed by atoms with van der Waals surface area (Å²) in [6.45, 7) is 4.56. The van der Waals surface area contributed by atoms with Gasteiger partial charge >= 0.3 is 164 Å². The van der Waals surface area contributed by atoms with Crippen LogP contribution in [0, 0.1) is 5.41 Å². The first-order valence-electron chi connectivity index (χ1n) is 8.81. The monoisotopic (exact) mass is 430 g/mol. The van der Waals surface area contributed by atoms with Gasteiger partial charge in [-0.1, -0.05) is 0 Å². The summed E-state index contributed by atoms with van der Waals surface area (Å²) in [5, 5.41) is 2.91. The Morgan fingerprint density at radius 2 is 2.08 bits per heavy atom. The zero-order valence-corrected chi connectivity index (χ0v) is 17.1. The van der Waals surface area contributed by atoms with Crippen LogP contribution in [0.15, 0.2) is 48.5 Å². The fourth-order valence-electron chi connectivity index (χ4n) is 3.96. The summed E-state index contributed by atoms with van der Waals surface area (Å²) in [6, 6.07) is 14.8. The summed E-state index contributed by atoms with van der Waals surface area (Å²) < 4.78 is 2.52. The van der Waals surface area contributed by atoms with Gasteiger partial charge in [-0.3, -0.25) is 0 Å². The molecule has 0 radical (unpaired) electrons. The molecule has 26 heavy (non-hydrogen) atoms. The van der Waals surface area contributed by atoms with Crippen LogP contribution in [-0.2, 0) is 11.3 Å². The van der Waals surface area contributed by atoms with Gasteiger partial charge in [-0.2, -0.15) is 0 Å². The van der Waals surface area contributed by atoms with Crippen molar-refractivity contribution in [2.24, 2.45) is 5.41 Å². The number of hydrogen-bond acceptors (Lipinski definition) is 3. The van der Waals surface area contributed by atoms with Crippen molar-refractivity contribution in [2.45, 2.75) is 32.4 Å². The SMILES string of the molecule is CC1(C)C(C=Cc2nc3ccccc3[se]2)ON2c3cccc(Cl)c3CC21. The number of nitrogens with zero attached hydrogens (tertiary/aromatic N) is 2. The molecule has 0 N–H and O–H groups in total. The van der Waals surface area contributed by atoms with Gasteiger partial charge in [0.15, 0.2) is 0 Å². The third-order valence-corrected chi connectivity index (χ3v) is 8.01. The van der Waals surface area contributed by atoms with Crippen molar-refractivity contribution < 1.29 is 4.84 Å². The van der Waals surface area contributed by atoms with Gasteiger partial charge < -0.3 is 0 Å². The van der Waals surface area contributed by atoms with Crippen molar-refractivity contribution >= 4 is 47.6 Å². The van der Waals surface area contributed by atoms with Crippen molar-refractivity contribution in [3.8, 4) is 0 Å². The molecule has 2 aromatic carbocycles. The molecule has 3 nitrogen and oxygen atoms in total. The van der Waals surface area contributed by atoms with Crippen molar-refractivity contribution in [3.63, 3.8) is 0 Å². The van der Waals surface area contributed by atoms with E-state index < -0.39 is 0 Å². The standard InChI is InChI=1S/C21H19ClN2OSe/c1-21(2)18-12-13-14(22)6-5-8-16(13)24(18)25-19(21)10-11-20-23-15-7-3-4-9-17(15)26-20/h3-11,18-19H,12H2,1-2H3. The summed E-state index contributed by atoms with van der Waals surface area (Å²) in [4.78, 5) is 11.1. The van der Waals surface area contributed by atoms with Crippen LogP contribution in [0.5, 0.6) is 0 Å². The molecule has 0 bridgehead atoms. The number of anilines is 1. The molecule has 132 valence electrons. The first kappa shape index (κ1) is 16.6. The normalized spacial score (nSPS) is 23.7. The molecular weight excluding hydrogens is 411 g/mol. The quantitative estimate of drug-likeness (QED) is 0.551. The number of fused-ring (bicyclic) bond motifs is 4. The minimum absolute atomic E-state index is 0.00212. The van der Waals surface area contributed by atoms with Crippen LogP contribution >= 0.6 is 11.6 Å². The molecule has 3 heterocycles. The molecule has 5 heteroatoms. The fraction of sp³-hybridized carbons (Fsp3) is 0.286. The third-order valence-electron chi connectivity index (χ3n) is 5.56. The summed E-state index contributed by atoms with van der Waals surface area (Å²) in [7, 11) is 0. The molecule has 2 unspecified atom stereocenters. The van der Waals surface area contributed by atoms with Crippen LogP contribution in [-0.4, -0.2) is 31.6 Å². The summed E-state index contributed by atoms with van der Waals surface area (Å²) in [6.07, 6.45) is 5.31. The number of hydrogen-bond donors (Lipinski definition) is 0. The van der Waals surface area contributed by atoms with Gasteiger partial charge in [0.05, 0.1) is 0 Å². The van der Waals surface area contributed by atoms with Gasteiger partial charge in [-0.15, -0.1) is 0 Å². The van der Waals surface area contributed by atoms with Crippen LogP contribution in [0.3, 0.4) is 0 Å². The summed E-state index contributed by atoms with van der Waals surface area (Å²) >= 11 is 6.68. The van der Waals surface area contributed by atoms with E-state index in [0.717, 1.165) is 27.2 Å². The number of para-hydroxylation sites is 1. The molecule has 0 spiro atoms. The van der Waals surface area contributed by atoms with E-state index >= 15 is 0 Å². The van der Waals surface area contributed by atoms with Crippen molar-refractivity contribution in [1.82, 2.24) is 4.98 Å². The first-order chi connectivity index (χ1) is 12.5. The second-order valence-electron chi connectivity index (χ2n) is 7.51. The predicted molar refractivity (Wildman–Crippen MR) is 108 cm³/mol. The number of rotatable bonds is 2. The number of benzene rings is 2. The molecule has 1 aromatic heterocycles. The number of aromatic nitrogens is 1. The molecule has 2 aliphatic rings. The first-order valence-corrected chi connectivity index (χ1v) is 10.9. The van der Waals surface area contributed by atoms with E-state index in [9.17, 15) is 0 Å². The van der Waals surface area contributed by atoms with Gasteiger partial charge in [-0.05, 0) is 0 Å². The van der Waals surface area contributed by atoms with E-state index in [-0.39, 0.29) is 26.0 Å². The van der Waals surface area contributed by atoms with Crippen molar-refractivity contribution in [3.05, 3.63) is 63.7 Å². The van der Waals surface area contributed by atoms with E-state index in [1.54, 1.807) is 0 Å². The molecule has 0 saturated carbocycles. The Labute approximate surface area is 163 Å². The number of halogens is 1. The van der Waals surface area contributed by atoms with E-state index in [4.69, 9.17) is 21.4 Å². The van der Waals surface area contributed by atoms with Gasteiger partial charge in [-0.25, -0.2) is 0 Å². The molecule has 1 fully saturated rings. The van der Waals surface area contributed by atoms with Crippen LogP contribution in [0.25, 0.3) is 15.9 Å². The maximum absolute atomic E-state index is 6.39. The molecule has 5 rings (SSSR count). The van der Waals surface area contributed by atoms with Crippen LogP contribution in [0.1, 0.15) is 24.0 Å². The molecule has 1 saturated heterocycles. The van der Waals surface area contributed by atoms with Gasteiger partial charge in [0.1, 0.15) is 0 Å². The average Bonchev–Trinajstić information content (AvgIpc) is 3.26. The third kappa shape index (κ3) is 2.48. The van der Waals surface area contributed by atoms with Crippen molar-refractivity contribution in [1.29, 1.82) is 0 Å². The fourth-order valence-corrected chi connectivity index (χ4v) is 6.05. The summed E-state index contributed by atoms with van der Waals surface area (Å²) in [5.41, 5.74) is 3.43. The van der Waals surface area contributed by atoms with Crippen molar-refractivity contribution in [2.75, 3.05) is 5.06 Å². The minimum atomic E-state index is -0.00212. The van der Waals surface area contributed by atoms with Gasteiger partial charge in [0, 0.05) is 0 Å². The Bertz CT molecular complexity index is 993. The van der Waals surface area contributed by atoms with E-state index in [2.05, 4.69) is 55.3 Å². The predicted octanol–water partition coefficient (Wildman–Crippen LogP) is 4.73. The Morgan fingerprint density at radius 1 is 1.23 bits per heavy atom. The zero-order chi connectivity index (χ0) is 17.9. The van der Waals surface area contributed by atoms with Gasteiger partial charge in [0.2, 0.25) is 0 Å². The molecular formula is C21H19ClN2OSe. The van der Waals surface area contributed by atoms with Crippen LogP contribution < -0.4 is 5.06 Å². The maximum atomic E-state index is 6.39. The molecule has 0 aliphatic carbocycles.